The third-order valence-electron chi connectivity index (χ3n) is 6.44. The molecule has 27 heavy (non-hydrogen) atoms. The van der Waals surface area contributed by atoms with E-state index >= 15 is 0 Å². The molecule has 3 aliphatic heterocycles. The van der Waals surface area contributed by atoms with Crippen LogP contribution in [0.15, 0.2) is 31.2 Å². The molecule has 7 nitrogen and oxygen atoms in total. The molecule has 3 fully saturated rings. The van der Waals surface area contributed by atoms with Gasteiger partial charge in [0.15, 0.2) is 5.82 Å². The van der Waals surface area contributed by atoms with Crippen LogP contribution in [0.4, 0.5) is 11.8 Å². The Bertz CT molecular complexity index is 899. The van der Waals surface area contributed by atoms with Crippen molar-refractivity contribution in [2.75, 3.05) is 42.5 Å². The summed E-state index contributed by atoms with van der Waals surface area (Å²) < 4.78 is 2.17. The Morgan fingerprint density at radius 2 is 2.15 bits per heavy atom. The van der Waals surface area contributed by atoms with Crippen LogP contribution in [-0.2, 0) is 4.79 Å². The van der Waals surface area contributed by atoms with Gasteiger partial charge in [-0.2, -0.15) is 0 Å². The van der Waals surface area contributed by atoms with Crippen LogP contribution >= 0.6 is 0 Å². The standard InChI is InChI=1S/C20H26N6O/c1-3-17(27)26-9-6-20(26)13-24(14-20)18-16-11-22-19(25(16)10-7-21-18)23-8-4-5-15(2)12-23/h3,7,10-11,15H,1,4-6,8-9,12-14H2,2H3/t15-/m1/s1. The van der Waals surface area contributed by atoms with Gasteiger partial charge in [-0.15, -0.1) is 0 Å². The monoisotopic (exact) mass is 366 g/mol. The molecule has 2 aromatic rings. The average molecular weight is 366 g/mol. The summed E-state index contributed by atoms with van der Waals surface area (Å²) in [6, 6.07) is 0. The predicted octanol–water partition coefficient (Wildman–Crippen LogP) is 1.94. The number of imidazole rings is 1. The first kappa shape index (κ1) is 16.6. The second-order valence-electron chi connectivity index (χ2n) is 8.28. The Kier molecular flexibility index (Phi) is 3.67. The number of carbonyl (C=O) groups excluding carboxylic acids is 1. The molecule has 0 unspecified atom stereocenters. The van der Waals surface area contributed by atoms with E-state index in [1.165, 1.54) is 18.9 Å². The zero-order valence-corrected chi connectivity index (χ0v) is 15.8. The second kappa shape index (κ2) is 5.97. The Labute approximate surface area is 159 Å². The summed E-state index contributed by atoms with van der Waals surface area (Å²) in [4.78, 5) is 28.0. The van der Waals surface area contributed by atoms with E-state index < -0.39 is 0 Å². The highest BCUT2D eigenvalue weighted by Crippen LogP contribution is 2.42. The van der Waals surface area contributed by atoms with Gasteiger partial charge >= 0.3 is 0 Å². The number of carbonyl (C=O) groups is 1. The number of likely N-dealkylation sites (tertiary alicyclic amines) is 1. The van der Waals surface area contributed by atoms with Crippen molar-refractivity contribution in [1.82, 2.24) is 19.3 Å². The van der Waals surface area contributed by atoms with E-state index in [9.17, 15) is 4.79 Å². The average Bonchev–Trinajstić information content (AvgIpc) is 3.04. The van der Waals surface area contributed by atoms with Crippen molar-refractivity contribution in [2.24, 2.45) is 5.92 Å². The molecule has 2 aromatic heterocycles. The fourth-order valence-corrected chi connectivity index (χ4v) is 4.89. The molecule has 3 saturated heterocycles. The van der Waals surface area contributed by atoms with Crippen LogP contribution in [0.1, 0.15) is 26.2 Å². The normalized spacial score (nSPS) is 24.0. The molecule has 1 atom stereocenters. The summed E-state index contributed by atoms with van der Waals surface area (Å²) in [6.45, 7) is 10.6. The van der Waals surface area contributed by atoms with Gasteiger partial charge in [0.1, 0.15) is 5.52 Å². The molecular formula is C20H26N6O. The van der Waals surface area contributed by atoms with Crippen molar-refractivity contribution in [2.45, 2.75) is 31.7 Å². The number of rotatable bonds is 3. The minimum absolute atomic E-state index is 0.0229. The Morgan fingerprint density at radius 1 is 1.30 bits per heavy atom. The lowest BCUT2D eigenvalue weighted by atomic mass is 9.77. The number of piperidine rings is 1. The molecule has 5 rings (SSSR count). The van der Waals surface area contributed by atoms with Crippen LogP contribution < -0.4 is 9.80 Å². The number of fused-ring (bicyclic) bond motifs is 1. The maximum absolute atomic E-state index is 12.0. The number of aromatic nitrogens is 3. The highest BCUT2D eigenvalue weighted by atomic mass is 16.2. The molecule has 7 heteroatoms. The lowest BCUT2D eigenvalue weighted by molar-refractivity contribution is -0.144. The third-order valence-corrected chi connectivity index (χ3v) is 6.44. The van der Waals surface area contributed by atoms with Gasteiger partial charge in [-0.1, -0.05) is 13.5 Å². The van der Waals surface area contributed by atoms with Crippen LogP contribution in [-0.4, -0.2) is 63.4 Å². The first-order chi connectivity index (χ1) is 13.1. The minimum Gasteiger partial charge on any atom is -0.350 e. The maximum atomic E-state index is 12.0. The lowest BCUT2D eigenvalue weighted by Gasteiger charge is -2.62. The van der Waals surface area contributed by atoms with E-state index in [1.807, 2.05) is 23.5 Å². The molecular weight excluding hydrogens is 340 g/mol. The van der Waals surface area contributed by atoms with Gasteiger partial charge in [0.2, 0.25) is 11.9 Å². The Balaban J connectivity index is 1.40. The lowest BCUT2D eigenvalue weighted by Crippen LogP contribution is -2.78. The van der Waals surface area contributed by atoms with Gasteiger partial charge in [0.05, 0.1) is 11.7 Å². The summed E-state index contributed by atoms with van der Waals surface area (Å²) in [5, 5.41) is 0. The van der Waals surface area contributed by atoms with Crippen LogP contribution in [0.5, 0.6) is 0 Å². The number of hydrogen-bond acceptors (Lipinski definition) is 5. The largest absolute Gasteiger partial charge is 0.350 e. The van der Waals surface area contributed by atoms with E-state index in [0.29, 0.717) is 5.92 Å². The quantitative estimate of drug-likeness (QED) is 0.777. The summed E-state index contributed by atoms with van der Waals surface area (Å²) >= 11 is 0. The molecule has 1 spiro atoms. The van der Waals surface area contributed by atoms with Crippen LogP contribution in [0, 0.1) is 5.92 Å². The summed E-state index contributed by atoms with van der Waals surface area (Å²) in [5.41, 5.74) is 1.02. The Hall–Kier alpha value is -2.57. The second-order valence-corrected chi connectivity index (χ2v) is 8.28. The van der Waals surface area contributed by atoms with Crippen molar-refractivity contribution in [3.8, 4) is 0 Å². The summed E-state index contributed by atoms with van der Waals surface area (Å²) in [6.07, 6.45) is 10.8. The predicted molar refractivity (Wildman–Crippen MR) is 105 cm³/mol. The molecule has 0 bridgehead atoms. The number of nitrogens with zero attached hydrogens (tertiary/aromatic N) is 6. The zero-order valence-electron chi connectivity index (χ0n) is 15.8. The first-order valence-corrected chi connectivity index (χ1v) is 9.87. The van der Waals surface area contributed by atoms with Crippen LogP contribution in [0.2, 0.25) is 0 Å². The highest BCUT2D eigenvalue weighted by Gasteiger charge is 2.55. The molecule has 1 amide bonds. The van der Waals surface area contributed by atoms with E-state index in [0.717, 1.165) is 56.4 Å². The fourth-order valence-electron chi connectivity index (χ4n) is 4.89. The summed E-state index contributed by atoms with van der Waals surface area (Å²) in [7, 11) is 0. The smallest absolute Gasteiger partial charge is 0.246 e. The number of hydrogen-bond donors (Lipinski definition) is 0. The van der Waals surface area contributed by atoms with Crippen molar-refractivity contribution >= 4 is 23.2 Å². The molecule has 0 aromatic carbocycles. The van der Waals surface area contributed by atoms with Gasteiger partial charge in [0, 0.05) is 45.1 Å². The van der Waals surface area contributed by atoms with Gasteiger partial charge in [-0.25, -0.2) is 9.97 Å². The SMILES string of the molecule is C=CC(=O)N1CCC12CN(c1nccn3c(N4CCC[C@@H](C)C4)ncc13)C2. The van der Waals surface area contributed by atoms with Crippen molar-refractivity contribution in [3.05, 3.63) is 31.2 Å². The highest BCUT2D eigenvalue weighted by molar-refractivity contribution is 5.89. The van der Waals surface area contributed by atoms with Gasteiger partial charge in [0.25, 0.3) is 0 Å². The molecule has 0 radical (unpaired) electrons. The molecule has 142 valence electrons. The minimum atomic E-state index is -0.0229. The van der Waals surface area contributed by atoms with Gasteiger partial charge < -0.3 is 14.7 Å². The van der Waals surface area contributed by atoms with Crippen molar-refractivity contribution in [3.63, 3.8) is 0 Å². The van der Waals surface area contributed by atoms with Gasteiger partial charge in [-0.05, 0) is 31.3 Å². The number of amides is 1. The van der Waals surface area contributed by atoms with Crippen molar-refractivity contribution < 1.29 is 4.79 Å². The molecule has 0 saturated carbocycles. The fraction of sp³-hybridized carbons (Fsp3) is 0.550. The number of anilines is 2. The summed E-state index contributed by atoms with van der Waals surface area (Å²) in [5.74, 6) is 2.72. The topological polar surface area (TPSA) is 57.0 Å². The molecule has 5 heterocycles. The van der Waals surface area contributed by atoms with Gasteiger partial charge in [-0.3, -0.25) is 9.20 Å². The van der Waals surface area contributed by atoms with E-state index in [4.69, 9.17) is 4.98 Å². The van der Waals surface area contributed by atoms with Crippen molar-refractivity contribution in [1.29, 1.82) is 0 Å². The third kappa shape index (κ3) is 2.44. The molecule has 3 aliphatic rings. The molecule has 0 aliphatic carbocycles. The van der Waals surface area contributed by atoms with E-state index in [2.05, 4.69) is 32.7 Å². The molecule has 0 N–H and O–H groups in total. The van der Waals surface area contributed by atoms with E-state index in [1.54, 1.807) is 0 Å². The Morgan fingerprint density at radius 3 is 2.85 bits per heavy atom. The van der Waals surface area contributed by atoms with Crippen LogP contribution in [0.25, 0.3) is 5.52 Å². The maximum Gasteiger partial charge on any atom is 0.246 e. The van der Waals surface area contributed by atoms with E-state index in [-0.39, 0.29) is 11.4 Å². The first-order valence-electron chi connectivity index (χ1n) is 9.87. The van der Waals surface area contributed by atoms with Crippen LogP contribution in [0.3, 0.4) is 0 Å². The zero-order chi connectivity index (χ0) is 18.6.